The minimum absolute atomic E-state index is 0.107. The molecule has 1 heterocycles. The summed E-state index contributed by atoms with van der Waals surface area (Å²) < 4.78 is 16.1. The van der Waals surface area contributed by atoms with Crippen LogP contribution in [0.25, 0.3) is 11.3 Å². The molecular formula is C22H24N4O4. The number of carbonyl (C=O) groups excluding carboxylic acids is 1. The van der Waals surface area contributed by atoms with E-state index < -0.39 is 5.91 Å². The summed E-state index contributed by atoms with van der Waals surface area (Å²) in [5, 5.41) is 10.9. The molecule has 0 saturated carbocycles. The minimum Gasteiger partial charge on any atom is -0.493 e. The average Bonchev–Trinajstić information content (AvgIpc) is 3.24. The molecule has 0 radical (unpaired) electrons. The van der Waals surface area contributed by atoms with Gasteiger partial charge >= 0.3 is 0 Å². The van der Waals surface area contributed by atoms with Crippen molar-refractivity contribution in [3.05, 3.63) is 59.8 Å². The van der Waals surface area contributed by atoms with Gasteiger partial charge in [-0.25, -0.2) is 5.43 Å². The summed E-state index contributed by atoms with van der Waals surface area (Å²) in [7, 11) is 3.12. The molecule has 8 heteroatoms. The Morgan fingerprint density at radius 2 is 1.80 bits per heavy atom. The standard InChI is InChI=1S/C22H24N4O4/c1-14(2)30-17-8-6-16(7-9-17)18-12-19(25-24-18)22(27)26-23-13-15-5-10-20(28-3)21(11-15)29-4/h5-14H,1-4H3,(H,24,25)(H,26,27)/b23-13+. The van der Waals surface area contributed by atoms with Crippen molar-refractivity contribution in [1.82, 2.24) is 15.6 Å². The van der Waals surface area contributed by atoms with Crippen LogP contribution in [0.15, 0.2) is 53.6 Å². The predicted molar refractivity (Wildman–Crippen MR) is 114 cm³/mol. The molecule has 3 aromatic rings. The Hall–Kier alpha value is -3.81. The number of hydrogen-bond donors (Lipinski definition) is 2. The Morgan fingerprint density at radius 1 is 1.07 bits per heavy atom. The van der Waals surface area contributed by atoms with Crippen LogP contribution < -0.4 is 19.6 Å². The number of nitrogens with one attached hydrogen (secondary N) is 2. The summed E-state index contributed by atoms with van der Waals surface area (Å²) in [6.07, 6.45) is 1.63. The number of carbonyl (C=O) groups is 1. The van der Waals surface area contributed by atoms with Gasteiger partial charge in [0.15, 0.2) is 11.5 Å². The summed E-state index contributed by atoms with van der Waals surface area (Å²) in [5.41, 5.74) is 5.05. The number of methoxy groups -OCH3 is 2. The zero-order valence-corrected chi connectivity index (χ0v) is 17.3. The molecule has 0 atom stereocenters. The second-order valence-corrected chi connectivity index (χ2v) is 6.67. The van der Waals surface area contributed by atoms with Crippen LogP contribution in [-0.4, -0.2) is 42.6 Å². The van der Waals surface area contributed by atoms with E-state index in [9.17, 15) is 4.79 Å². The monoisotopic (exact) mass is 408 g/mol. The lowest BCUT2D eigenvalue weighted by Gasteiger charge is -2.09. The molecule has 8 nitrogen and oxygen atoms in total. The maximum absolute atomic E-state index is 12.3. The number of H-pyrrole nitrogens is 1. The molecule has 2 aromatic carbocycles. The average molecular weight is 408 g/mol. The Balaban J connectivity index is 1.63. The van der Waals surface area contributed by atoms with Crippen LogP contribution in [-0.2, 0) is 0 Å². The van der Waals surface area contributed by atoms with Crippen LogP contribution in [0.2, 0.25) is 0 Å². The third-order valence-corrected chi connectivity index (χ3v) is 4.13. The summed E-state index contributed by atoms with van der Waals surface area (Å²) in [6, 6.07) is 14.5. The molecule has 0 unspecified atom stereocenters. The maximum atomic E-state index is 12.3. The van der Waals surface area contributed by atoms with Gasteiger partial charge in [0.1, 0.15) is 11.4 Å². The number of nitrogens with zero attached hydrogens (tertiary/aromatic N) is 2. The molecule has 1 amide bonds. The molecule has 0 aliphatic rings. The molecule has 0 spiro atoms. The Labute approximate surface area is 174 Å². The molecule has 3 rings (SSSR count). The van der Waals surface area contributed by atoms with Crippen LogP contribution in [0, 0.1) is 0 Å². The zero-order valence-electron chi connectivity index (χ0n) is 17.3. The van der Waals surface area contributed by atoms with E-state index in [-0.39, 0.29) is 6.10 Å². The third-order valence-electron chi connectivity index (χ3n) is 4.13. The first-order valence-electron chi connectivity index (χ1n) is 9.38. The number of amides is 1. The van der Waals surface area contributed by atoms with Crippen molar-refractivity contribution in [3.8, 4) is 28.5 Å². The van der Waals surface area contributed by atoms with Crippen LogP contribution >= 0.6 is 0 Å². The Kier molecular flexibility index (Phi) is 6.69. The van der Waals surface area contributed by atoms with Gasteiger partial charge in [0, 0.05) is 5.56 Å². The van der Waals surface area contributed by atoms with E-state index in [1.165, 1.54) is 6.21 Å². The lowest BCUT2D eigenvalue weighted by molar-refractivity contribution is 0.0950. The van der Waals surface area contributed by atoms with Gasteiger partial charge in [-0.1, -0.05) is 0 Å². The number of aromatic nitrogens is 2. The normalized spacial score (nSPS) is 11.0. The fourth-order valence-electron chi connectivity index (χ4n) is 2.72. The number of benzene rings is 2. The fraction of sp³-hybridized carbons (Fsp3) is 0.227. The molecule has 0 saturated heterocycles. The van der Waals surface area contributed by atoms with Crippen LogP contribution in [0.4, 0.5) is 0 Å². The fourth-order valence-corrected chi connectivity index (χ4v) is 2.72. The molecule has 1 aromatic heterocycles. The smallest absolute Gasteiger partial charge is 0.289 e. The summed E-state index contributed by atoms with van der Waals surface area (Å²) in [6.45, 7) is 3.94. The van der Waals surface area contributed by atoms with E-state index in [0.29, 0.717) is 22.9 Å². The largest absolute Gasteiger partial charge is 0.493 e. The van der Waals surface area contributed by atoms with E-state index in [4.69, 9.17) is 14.2 Å². The highest BCUT2D eigenvalue weighted by Crippen LogP contribution is 2.27. The second kappa shape index (κ2) is 9.60. The van der Waals surface area contributed by atoms with Crippen molar-refractivity contribution >= 4 is 12.1 Å². The molecular weight excluding hydrogens is 384 g/mol. The topological polar surface area (TPSA) is 97.8 Å². The number of hydrazone groups is 1. The Morgan fingerprint density at radius 3 is 2.47 bits per heavy atom. The first kappa shape index (κ1) is 20.9. The first-order valence-corrected chi connectivity index (χ1v) is 9.38. The van der Waals surface area contributed by atoms with Crippen LogP contribution in [0.5, 0.6) is 17.2 Å². The second-order valence-electron chi connectivity index (χ2n) is 6.67. The quantitative estimate of drug-likeness (QED) is 0.438. The number of rotatable bonds is 8. The van der Waals surface area contributed by atoms with Crippen LogP contribution in [0.3, 0.4) is 0 Å². The highest BCUT2D eigenvalue weighted by atomic mass is 16.5. The highest BCUT2D eigenvalue weighted by Gasteiger charge is 2.11. The Bertz CT molecular complexity index is 1030. The van der Waals surface area contributed by atoms with E-state index >= 15 is 0 Å². The molecule has 0 bridgehead atoms. The van der Waals surface area contributed by atoms with Crippen molar-refractivity contribution in [3.63, 3.8) is 0 Å². The van der Waals surface area contributed by atoms with Crippen molar-refractivity contribution in [2.24, 2.45) is 5.10 Å². The number of aromatic amines is 1. The van der Waals surface area contributed by atoms with Gasteiger partial charge < -0.3 is 14.2 Å². The van der Waals surface area contributed by atoms with Crippen molar-refractivity contribution in [1.29, 1.82) is 0 Å². The lowest BCUT2D eigenvalue weighted by atomic mass is 10.1. The minimum atomic E-state index is -0.398. The highest BCUT2D eigenvalue weighted by molar-refractivity contribution is 5.94. The van der Waals surface area contributed by atoms with Gasteiger partial charge in [0.25, 0.3) is 5.91 Å². The van der Waals surface area contributed by atoms with Crippen molar-refractivity contribution < 1.29 is 19.0 Å². The zero-order chi connectivity index (χ0) is 21.5. The summed E-state index contributed by atoms with van der Waals surface area (Å²) in [4.78, 5) is 12.3. The van der Waals surface area contributed by atoms with E-state index in [2.05, 4.69) is 20.7 Å². The van der Waals surface area contributed by atoms with E-state index in [0.717, 1.165) is 16.9 Å². The van der Waals surface area contributed by atoms with Gasteiger partial charge in [-0.2, -0.15) is 10.2 Å². The van der Waals surface area contributed by atoms with Gasteiger partial charge in [-0.05, 0) is 67.9 Å². The summed E-state index contributed by atoms with van der Waals surface area (Å²) in [5.74, 6) is 1.58. The summed E-state index contributed by atoms with van der Waals surface area (Å²) >= 11 is 0. The number of hydrogen-bond acceptors (Lipinski definition) is 6. The third kappa shape index (κ3) is 5.16. The SMILES string of the molecule is COc1ccc(/C=N/NC(=O)c2cc(-c3ccc(OC(C)C)cc3)n[nH]2)cc1OC. The van der Waals surface area contributed by atoms with Gasteiger partial charge in [0.2, 0.25) is 0 Å². The molecule has 156 valence electrons. The van der Waals surface area contributed by atoms with E-state index in [1.807, 2.05) is 38.1 Å². The van der Waals surface area contributed by atoms with Gasteiger partial charge in [-0.3, -0.25) is 9.89 Å². The predicted octanol–water partition coefficient (Wildman–Crippen LogP) is 3.65. The van der Waals surface area contributed by atoms with Gasteiger partial charge in [-0.15, -0.1) is 0 Å². The molecule has 30 heavy (non-hydrogen) atoms. The van der Waals surface area contributed by atoms with Gasteiger partial charge in [0.05, 0.1) is 32.2 Å². The molecule has 0 fully saturated rings. The molecule has 0 aliphatic carbocycles. The van der Waals surface area contributed by atoms with Crippen molar-refractivity contribution in [2.45, 2.75) is 20.0 Å². The maximum Gasteiger partial charge on any atom is 0.289 e. The first-order chi connectivity index (χ1) is 14.5. The number of ether oxygens (including phenoxy) is 3. The van der Waals surface area contributed by atoms with Crippen LogP contribution in [0.1, 0.15) is 29.9 Å². The lowest BCUT2D eigenvalue weighted by Crippen LogP contribution is -2.18. The molecule has 2 N–H and O–H groups in total. The molecule has 0 aliphatic heterocycles. The van der Waals surface area contributed by atoms with E-state index in [1.54, 1.807) is 38.5 Å². The van der Waals surface area contributed by atoms with Crippen molar-refractivity contribution in [2.75, 3.05) is 14.2 Å².